The molecule has 6 nitrogen and oxygen atoms in total. The van der Waals surface area contributed by atoms with Gasteiger partial charge in [-0.3, -0.25) is 9.38 Å². The summed E-state index contributed by atoms with van der Waals surface area (Å²) in [6, 6.07) is 6.98. The van der Waals surface area contributed by atoms with Gasteiger partial charge in [0.05, 0.1) is 5.69 Å². The van der Waals surface area contributed by atoms with Gasteiger partial charge in [0.15, 0.2) is 5.69 Å². The van der Waals surface area contributed by atoms with Gasteiger partial charge in [0.25, 0.3) is 0 Å². The first-order valence-corrected chi connectivity index (χ1v) is 5.58. The standard InChI is InChI=1S/C13H10N4O2/c14-9-4-2-6-17-11(9)10(13(18)19)16-12(17)8-3-1-5-15-7-8/h1-7H,14H2,(H,18,19). The van der Waals surface area contributed by atoms with Crippen LogP contribution in [0, 0.1) is 0 Å². The van der Waals surface area contributed by atoms with E-state index in [1.54, 1.807) is 41.2 Å². The fourth-order valence-electron chi connectivity index (χ4n) is 2.01. The maximum atomic E-state index is 11.3. The minimum Gasteiger partial charge on any atom is -0.476 e. The van der Waals surface area contributed by atoms with Crippen LogP contribution in [-0.4, -0.2) is 25.4 Å². The van der Waals surface area contributed by atoms with Crippen molar-refractivity contribution in [1.82, 2.24) is 14.4 Å². The van der Waals surface area contributed by atoms with E-state index < -0.39 is 5.97 Å². The highest BCUT2D eigenvalue weighted by Gasteiger charge is 2.19. The number of nitrogen functional groups attached to an aromatic ring is 1. The summed E-state index contributed by atoms with van der Waals surface area (Å²) in [4.78, 5) is 19.4. The first kappa shape index (κ1) is 11.2. The minimum absolute atomic E-state index is 0.0584. The molecular formula is C13H10N4O2. The number of anilines is 1. The van der Waals surface area contributed by atoms with E-state index >= 15 is 0 Å². The lowest BCUT2D eigenvalue weighted by Crippen LogP contribution is -2.00. The Balaban J connectivity index is 2.39. The van der Waals surface area contributed by atoms with Crippen LogP contribution in [0.2, 0.25) is 0 Å². The van der Waals surface area contributed by atoms with Gasteiger partial charge in [-0.25, -0.2) is 9.78 Å². The van der Waals surface area contributed by atoms with Crippen molar-refractivity contribution in [1.29, 1.82) is 0 Å². The number of carboxylic acids is 1. The van der Waals surface area contributed by atoms with Crippen LogP contribution in [0.1, 0.15) is 10.5 Å². The van der Waals surface area contributed by atoms with Crippen molar-refractivity contribution in [2.24, 2.45) is 0 Å². The van der Waals surface area contributed by atoms with E-state index in [4.69, 9.17) is 5.73 Å². The van der Waals surface area contributed by atoms with Crippen LogP contribution in [0.25, 0.3) is 16.9 Å². The molecule has 3 heterocycles. The van der Waals surface area contributed by atoms with Crippen LogP contribution < -0.4 is 5.73 Å². The molecule has 6 heteroatoms. The summed E-state index contributed by atoms with van der Waals surface area (Å²) in [5, 5.41) is 9.22. The number of aromatic carboxylic acids is 1. The first-order valence-electron chi connectivity index (χ1n) is 5.58. The second-order valence-electron chi connectivity index (χ2n) is 4.01. The molecule has 0 radical (unpaired) electrons. The number of nitrogens with two attached hydrogens (primary N) is 1. The largest absolute Gasteiger partial charge is 0.476 e. The van der Waals surface area contributed by atoms with Crippen molar-refractivity contribution in [2.75, 3.05) is 5.73 Å². The van der Waals surface area contributed by atoms with Crippen LogP contribution in [0.15, 0.2) is 42.9 Å². The molecule has 0 aromatic carbocycles. The number of rotatable bonds is 2. The van der Waals surface area contributed by atoms with E-state index in [1.165, 1.54) is 0 Å². The SMILES string of the molecule is Nc1cccn2c(-c3cccnc3)nc(C(=O)O)c12. The number of aromatic nitrogens is 3. The summed E-state index contributed by atoms with van der Waals surface area (Å²) >= 11 is 0. The molecule has 0 aliphatic rings. The molecule has 3 N–H and O–H groups in total. The summed E-state index contributed by atoms with van der Waals surface area (Å²) in [6.45, 7) is 0. The molecule has 3 aromatic rings. The predicted octanol–water partition coefficient (Wildman–Crippen LogP) is 1.68. The lowest BCUT2D eigenvalue weighted by molar-refractivity contribution is 0.0693. The molecule has 0 spiro atoms. The monoisotopic (exact) mass is 254 g/mol. The molecule has 0 saturated heterocycles. The van der Waals surface area contributed by atoms with Crippen molar-refractivity contribution in [3.63, 3.8) is 0 Å². The zero-order valence-corrected chi connectivity index (χ0v) is 9.82. The van der Waals surface area contributed by atoms with Gasteiger partial charge in [0.1, 0.15) is 11.3 Å². The van der Waals surface area contributed by atoms with Crippen molar-refractivity contribution in [2.45, 2.75) is 0 Å². The molecule has 94 valence electrons. The number of pyridine rings is 2. The number of carboxylic acid groups (broad SMARTS) is 1. The summed E-state index contributed by atoms with van der Waals surface area (Å²) in [6.07, 6.45) is 5.00. The maximum Gasteiger partial charge on any atom is 0.356 e. The van der Waals surface area contributed by atoms with Gasteiger partial charge in [-0.05, 0) is 24.3 Å². The van der Waals surface area contributed by atoms with Crippen LogP contribution in [0.4, 0.5) is 5.69 Å². The Morgan fingerprint density at radius 3 is 2.84 bits per heavy atom. The lowest BCUT2D eigenvalue weighted by atomic mass is 10.2. The molecule has 19 heavy (non-hydrogen) atoms. The van der Waals surface area contributed by atoms with Crippen molar-refractivity contribution >= 4 is 17.2 Å². The van der Waals surface area contributed by atoms with Crippen LogP contribution >= 0.6 is 0 Å². The molecule has 0 amide bonds. The number of nitrogens with zero attached hydrogens (tertiary/aromatic N) is 3. The highest BCUT2D eigenvalue weighted by molar-refractivity contribution is 5.98. The second kappa shape index (κ2) is 4.09. The number of hydrogen-bond acceptors (Lipinski definition) is 4. The number of fused-ring (bicyclic) bond motifs is 1. The van der Waals surface area contributed by atoms with E-state index in [2.05, 4.69) is 9.97 Å². The van der Waals surface area contributed by atoms with Gasteiger partial charge >= 0.3 is 5.97 Å². The Morgan fingerprint density at radius 2 is 2.16 bits per heavy atom. The molecule has 0 fully saturated rings. The third-order valence-electron chi connectivity index (χ3n) is 2.82. The molecule has 0 bridgehead atoms. The molecule has 0 atom stereocenters. The van der Waals surface area contributed by atoms with Crippen molar-refractivity contribution < 1.29 is 9.90 Å². The zero-order valence-electron chi connectivity index (χ0n) is 9.82. The number of imidazole rings is 1. The molecule has 3 rings (SSSR count). The Bertz CT molecular complexity index is 765. The van der Waals surface area contributed by atoms with E-state index in [0.29, 0.717) is 17.0 Å². The van der Waals surface area contributed by atoms with Gasteiger partial charge in [-0.2, -0.15) is 0 Å². The second-order valence-corrected chi connectivity index (χ2v) is 4.01. The minimum atomic E-state index is -1.11. The average molecular weight is 254 g/mol. The van der Waals surface area contributed by atoms with E-state index in [9.17, 15) is 9.90 Å². The van der Waals surface area contributed by atoms with Crippen LogP contribution in [0.5, 0.6) is 0 Å². The Labute approximate surface area is 108 Å². The van der Waals surface area contributed by atoms with Crippen molar-refractivity contribution in [3.05, 3.63) is 48.5 Å². The van der Waals surface area contributed by atoms with Gasteiger partial charge in [-0.15, -0.1) is 0 Å². The van der Waals surface area contributed by atoms with E-state index in [0.717, 1.165) is 5.56 Å². The highest BCUT2D eigenvalue weighted by Crippen LogP contribution is 2.25. The first-order chi connectivity index (χ1) is 9.18. The summed E-state index contributed by atoms with van der Waals surface area (Å²) in [5.41, 5.74) is 7.29. The fraction of sp³-hybridized carbons (Fsp3) is 0. The summed E-state index contributed by atoms with van der Waals surface area (Å²) in [5.74, 6) is -0.599. The highest BCUT2D eigenvalue weighted by atomic mass is 16.4. The van der Waals surface area contributed by atoms with Gasteiger partial charge in [0.2, 0.25) is 0 Å². The van der Waals surface area contributed by atoms with E-state index in [1.807, 2.05) is 6.07 Å². The van der Waals surface area contributed by atoms with Gasteiger partial charge in [-0.1, -0.05) is 0 Å². The quantitative estimate of drug-likeness (QED) is 0.725. The summed E-state index contributed by atoms with van der Waals surface area (Å²) in [7, 11) is 0. The molecule has 3 aromatic heterocycles. The molecule has 0 unspecified atom stereocenters. The van der Waals surface area contributed by atoms with E-state index in [-0.39, 0.29) is 5.69 Å². The molecule has 0 aliphatic heterocycles. The topological polar surface area (TPSA) is 93.5 Å². The molecule has 0 saturated carbocycles. The maximum absolute atomic E-state index is 11.3. The summed E-state index contributed by atoms with van der Waals surface area (Å²) < 4.78 is 1.66. The third kappa shape index (κ3) is 1.70. The number of carbonyl (C=O) groups is 1. The third-order valence-corrected chi connectivity index (χ3v) is 2.82. The Hall–Kier alpha value is -2.89. The van der Waals surface area contributed by atoms with Crippen molar-refractivity contribution in [3.8, 4) is 11.4 Å². The van der Waals surface area contributed by atoms with Crippen LogP contribution in [0.3, 0.4) is 0 Å². The Morgan fingerprint density at radius 1 is 1.32 bits per heavy atom. The Kier molecular flexibility index (Phi) is 2.42. The molecular weight excluding hydrogens is 244 g/mol. The van der Waals surface area contributed by atoms with Gasteiger partial charge < -0.3 is 10.8 Å². The van der Waals surface area contributed by atoms with Crippen LogP contribution in [-0.2, 0) is 0 Å². The average Bonchev–Trinajstić information content (AvgIpc) is 2.81. The number of hydrogen-bond donors (Lipinski definition) is 2. The fourth-order valence-corrected chi connectivity index (χ4v) is 2.01. The van der Waals surface area contributed by atoms with Gasteiger partial charge in [0, 0.05) is 24.2 Å². The lowest BCUT2D eigenvalue weighted by Gasteiger charge is -2.02. The predicted molar refractivity (Wildman–Crippen MR) is 69.8 cm³/mol. The molecule has 0 aliphatic carbocycles. The normalized spacial score (nSPS) is 10.7. The zero-order chi connectivity index (χ0) is 13.4. The smallest absolute Gasteiger partial charge is 0.356 e.